The summed E-state index contributed by atoms with van der Waals surface area (Å²) in [5.41, 5.74) is 3.34. The first-order chi connectivity index (χ1) is 17.6. The van der Waals surface area contributed by atoms with E-state index in [0.717, 1.165) is 5.56 Å². The molecule has 0 saturated carbocycles. The van der Waals surface area contributed by atoms with Crippen molar-refractivity contribution >= 4 is 32.4 Å². The van der Waals surface area contributed by atoms with Crippen molar-refractivity contribution in [3.63, 3.8) is 0 Å². The number of carbonyl (C=O) groups excluding carboxylic acids is 1. The van der Waals surface area contributed by atoms with Gasteiger partial charge in [-0.05, 0) is 35.9 Å². The van der Waals surface area contributed by atoms with Crippen LogP contribution in [0.3, 0.4) is 0 Å². The van der Waals surface area contributed by atoms with Gasteiger partial charge in [-0.15, -0.1) is 0 Å². The molecular formula is C28H30FN3O4S. The number of hydrogen-bond donors (Lipinski definition) is 3. The molecule has 0 spiro atoms. The van der Waals surface area contributed by atoms with Crippen molar-refractivity contribution in [2.45, 2.75) is 25.3 Å². The molecule has 0 fully saturated rings. The summed E-state index contributed by atoms with van der Waals surface area (Å²) < 4.78 is 45.0. The van der Waals surface area contributed by atoms with Crippen molar-refractivity contribution in [1.29, 1.82) is 0 Å². The molecule has 0 radical (unpaired) electrons. The van der Waals surface area contributed by atoms with E-state index in [1.807, 2.05) is 50.2 Å². The highest BCUT2D eigenvalue weighted by atomic mass is 32.2. The minimum absolute atomic E-state index is 0.0978. The largest absolute Gasteiger partial charge is 0.455 e. The zero-order chi connectivity index (χ0) is 26.7. The van der Waals surface area contributed by atoms with Gasteiger partial charge in [-0.25, -0.2) is 12.8 Å². The van der Waals surface area contributed by atoms with Gasteiger partial charge in [0.05, 0.1) is 5.56 Å². The maximum absolute atomic E-state index is 13.6. The monoisotopic (exact) mass is 523 g/mol. The van der Waals surface area contributed by atoms with Crippen LogP contribution in [0.5, 0.6) is 0 Å². The third-order valence-electron chi connectivity index (χ3n) is 6.02. The van der Waals surface area contributed by atoms with E-state index in [2.05, 4.69) is 16.0 Å². The van der Waals surface area contributed by atoms with E-state index in [9.17, 15) is 17.6 Å². The Bertz CT molecular complexity index is 1510. The number of carbonyl (C=O) groups is 1. The van der Waals surface area contributed by atoms with Crippen LogP contribution in [0.15, 0.2) is 71.1 Å². The zero-order valence-electron chi connectivity index (χ0n) is 21.1. The van der Waals surface area contributed by atoms with Gasteiger partial charge in [-0.3, -0.25) is 4.79 Å². The number of fused-ring (bicyclic) bond motifs is 1. The van der Waals surface area contributed by atoms with Crippen molar-refractivity contribution < 1.29 is 22.0 Å². The molecule has 0 aliphatic rings. The van der Waals surface area contributed by atoms with Gasteiger partial charge < -0.3 is 20.4 Å². The van der Waals surface area contributed by atoms with Crippen LogP contribution in [-0.2, 0) is 9.84 Å². The van der Waals surface area contributed by atoms with Gasteiger partial charge in [-0.1, -0.05) is 44.2 Å². The van der Waals surface area contributed by atoms with E-state index < -0.39 is 21.0 Å². The summed E-state index contributed by atoms with van der Waals surface area (Å²) in [4.78, 5) is 13.0. The van der Waals surface area contributed by atoms with Crippen molar-refractivity contribution in [3.8, 4) is 22.5 Å². The fourth-order valence-electron chi connectivity index (χ4n) is 4.10. The van der Waals surface area contributed by atoms with Crippen molar-refractivity contribution in [1.82, 2.24) is 10.6 Å². The van der Waals surface area contributed by atoms with Gasteiger partial charge in [0, 0.05) is 54.2 Å². The van der Waals surface area contributed by atoms with Crippen LogP contribution in [0, 0.1) is 5.82 Å². The van der Waals surface area contributed by atoms with Gasteiger partial charge >= 0.3 is 0 Å². The van der Waals surface area contributed by atoms with Gasteiger partial charge in [0.15, 0.2) is 9.84 Å². The maximum atomic E-state index is 13.6. The molecule has 1 heterocycles. The number of benzene rings is 3. The predicted molar refractivity (Wildman–Crippen MR) is 146 cm³/mol. The number of hydrogen-bond acceptors (Lipinski definition) is 6. The average Bonchev–Trinajstić information content (AvgIpc) is 3.24. The van der Waals surface area contributed by atoms with Crippen LogP contribution in [0.2, 0.25) is 0 Å². The summed E-state index contributed by atoms with van der Waals surface area (Å²) >= 11 is 0. The number of anilines is 1. The first kappa shape index (κ1) is 26.4. The highest BCUT2D eigenvalue weighted by Gasteiger charge is 2.26. The molecule has 1 aromatic heterocycles. The first-order valence-electron chi connectivity index (χ1n) is 11.9. The summed E-state index contributed by atoms with van der Waals surface area (Å²) in [5, 5.41) is 8.68. The Morgan fingerprint density at radius 1 is 1.00 bits per heavy atom. The summed E-state index contributed by atoms with van der Waals surface area (Å²) in [6.07, 6.45) is 1.19. The van der Waals surface area contributed by atoms with Crippen molar-refractivity contribution in [2.75, 3.05) is 25.2 Å². The molecule has 1 unspecified atom stereocenters. The number of nitrogens with one attached hydrogen (secondary N) is 3. The third-order valence-corrected chi connectivity index (χ3v) is 7.34. The third kappa shape index (κ3) is 5.84. The maximum Gasteiger partial charge on any atom is 0.255 e. The molecule has 9 heteroatoms. The lowest BCUT2D eigenvalue weighted by Crippen LogP contribution is -2.41. The summed E-state index contributed by atoms with van der Waals surface area (Å²) in [5.74, 6) is -0.458. The van der Waals surface area contributed by atoms with E-state index in [4.69, 9.17) is 4.42 Å². The van der Waals surface area contributed by atoms with Crippen molar-refractivity contribution in [3.05, 3.63) is 78.1 Å². The highest BCUT2D eigenvalue weighted by Crippen LogP contribution is 2.40. The van der Waals surface area contributed by atoms with Crippen LogP contribution in [-0.4, -0.2) is 45.6 Å². The summed E-state index contributed by atoms with van der Waals surface area (Å²) in [6, 6.07) is 18.8. The Labute approximate surface area is 216 Å². The first-order valence-corrected chi connectivity index (χ1v) is 13.9. The van der Waals surface area contributed by atoms with Crippen LogP contribution >= 0.6 is 0 Å². The Morgan fingerprint density at radius 3 is 2.27 bits per heavy atom. The number of halogens is 1. The molecule has 3 aromatic carbocycles. The summed E-state index contributed by atoms with van der Waals surface area (Å²) in [6.45, 7) is 4.09. The fraction of sp³-hybridized carbons (Fsp3) is 0.250. The van der Waals surface area contributed by atoms with Gasteiger partial charge in [0.2, 0.25) is 0 Å². The molecule has 0 bridgehead atoms. The Morgan fingerprint density at radius 2 is 1.68 bits per heavy atom. The van der Waals surface area contributed by atoms with E-state index in [-0.39, 0.29) is 18.5 Å². The molecule has 1 amide bonds. The molecule has 0 aliphatic heterocycles. The second kappa shape index (κ2) is 10.7. The second-order valence-electron chi connectivity index (χ2n) is 9.18. The number of amides is 1. The standard InChI is InChI=1S/C28H30FN3O4S/c1-17(2)31-16-25(37(4,34)35)32-23-15-24-22(14-21(23)18-8-6-5-7-9-18)26(28(33)30-3)27(36-24)19-10-12-20(29)13-11-19/h5-15,17,25,31-32H,16H2,1-4H3,(H,30,33). The molecule has 1 atom stereocenters. The van der Waals surface area contributed by atoms with E-state index in [0.29, 0.717) is 39.1 Å². The van der Waals surface area contributed by atoms with Gasteiger partial charge in [0.25, 0.3) is 5.91 Å². The van der Waals surface area contributed by atoms with Gasteiger partial charge in [-0.2, -0.15) is 0 Å². The Kier molecular flexibility index (Phi) is 7.65. The highest BCUT2D eigenvalue weighted by molar-refractivity contribution is 7.91. The Hall–Kier alpha value is -3.69. The molecule has 7 nitrogen and oxygen atoms in total. The Balaban J connectivity index is 1.95. The van der Waals surface area contributed by atoms with Crippen LogP contribution in [0.1, 0.15) is 24.2 Å². The molecule has 4 rings (SSSR count). The lowest BCUT2D eigenvalue weighted by molar-refractivity contribution is 0.0964. The topological polar surface area (TPSA) is 100 Å². The lowest BCUT2D eigenvalue weighted by atomic mass is 9.98. The zero-order valence-corrected chi connectivity index (χ0v) is 21.9. The second-order valence-corrected chi connectivity index (χ2v) is 11.4. The number of furan rings is 1. The molecule has 194 valence electrons. The quantitative estimate of drug-likeness (QED) is 0.284. The predicted octanol–water partition coefficient (Wildman–Crippen LogP) is 5.05. The van der Waals surface area contributed by atoms with Crippen LogP contribution in [0.4, 0.5) is 10.1 Å². The summed E-state index contributed by atoms with van der Waals surface area (Å²) in [7, 11) is -1.95. The molecule has 0 saturated heterocycles. The fourth-order valence-corrected chi connectivity index (χ4v) is 4.84. The van der Waals surface area contributed by atoms with Crippen molar-refractivity contribution in [2.24, 2.45) is 0 Å². The number of rotatable bonds is 9. The minimum Gasteiger partial charge on any atom is -0.455 e. The van der Waals surface area contributed by atoms with Gasteiger partial charge in [0.1, 0.15) is 22.5 Å². The average molecular weight is 524 g/mol. The van der Waals surface area contributed by atoms with E-state index in [1.54, 1.807) is 18.2 Å². The molecule has 37 heavy (non-hydrogen) atoms. The minimum atomic E-state index is -3.48. The molecule has 0 aliphatic carbocycles. The SMILES string of the molecule is CNC(=O)c1c(-c2ccc(F)cc2)oc2cc(NC(CNC(C)C)S(C)(=O)=O)c(-c3ccccc3)cc12. The molecular weight excluding hydrogens is 493 g/mol. The molecule has 4 aromatic rings. The number of sulfone groups is 1. The molecule has 3 N–H and O–H groups in total. The van der Waals surface area contributed by atoms with Crippen LogP contribution in [0.25, 0.3) is 33.4 Å². The van der Waals surface area contributed by atoms with E-state index >= 15 is 0 Å². The lowest BCUT2D eigenvalue weighted by Gasteiger charge is -2.22. The smallest absolute Gasteiger partial charge is 0.255 e. The van der Waals surface area contributed by atoms with Crippen LogP contribution < -0.4 is 16.0 Å². The normalized spacial score (nSPS) is 12.6. The van der Waals surface area contributed by atoms with E-state index in [1.165, 1.54) is 25.4 Å².